The summed E-state index contributed by atoms with van der Waals surface area (Å²) < 4.78 is 5.35. The fourth-order valence-electron chi connectivity index (χ4n) is 3.80. The summed E-state index contributed by atoms with van der Waals surface area (Å²) in [5.74, 6) is -0.608. The summed E-state index contributed by atoms with van der Waals surface area (Å²) in [6, 6.07) is 5.63. The van der Waals surface area contributed by atoms with Crippen molar-refractivity contribution in [3.63, 3.8) is 0 Å². The highest BCUT2D eigenvalue weighted by Gasteiger charge is 2.36. The average Bonchev–Trinajstić information content (AvgIpc) is 2.64. The number of hydrogen-bond donors (Lipinski definition) is 4. The first-order chi connectivity index (χ1) is 12.3. The molecule has 1 aromatic carbocycles. The number of methoxy groups -OCH3 is 1. The van der Waals surface area contributed by atoms with Gasteiger partial charge in [0.25, 0.3) is 0 Å². The van der Waals surface area contributed by atoms with Crippen molar-refractivity contribution in [1.29, 1.82) is 0 Å². The van der Waals surface area contributed by atoms with Gasteiger partial charge in [-0.25, -0.2) is 0 Å². The zero-order valence-electron chi connectivity index (χ0n) is 15.5. The predicted molar refractivity (Wildman–Crippen MR) is 101 cm³/mol. The van der Waals surface area contributed by atoms with Crippen LogP contribution in [0.3, 0.4) is 0 Å². The number of carboxylic acid groups (broad SMARTS) is 1. The monoisotopic (exact) mass is 364 g/mol. The summed E-state index contributed by atoms with van der Waals surface area (Å²) in [7, 11) is 2.06. The van der Waals surface area contributed by atoms with E-state index in [2.05, 4.69) is 0 Å². The van der Waals surface area contributed by atoms with Crippen LogP contribution in [0, 0.1) is 11.8 Å². The molecular formula is C18H29BN2O5. The van der Waals surface area contributed by atoms with Crippen LogP contribution in [0.1, 0.15) is 31.2 Å². The maximum atomic E-state index is 11.6. The number of nitrogens with zero attached hydrogens (tertiary/aromatic N) is 1. The first kappa shape index (κ1) is 20.5. The third-order valence-corrected chi connectivity index (χ3v) is 5.37. The van der Waals surface area contributed by atoms with Gasteiger partial charge in [0.05, 0.1) is 19.2 Å². The van der Waals surface area contributed by atoms with Crippen molar-refractivity contribution >= 4 is 18.8 Å². The molecule has 26 heavy (non-hydrogen) atoms. The maximum absolute atomic E-state index is 11.6. The van der Waals surface area contributed by atoms with Gasteiger partial charge < -0.3 is 30.5 Å². The number of ether oxygens (including phenoxy) is 1. The molecule has 0 aliphatic heterocycles. The van der Waals surface area contributed by atoms with Crippen LogP contribution in [0.5, 0.6) is 5.75 Å². The Labute approximate surface area is 154 Å². The normalized spacial score (nSPS) is 21.1. The lowest BCUT2D eigenvalue weighted by atomic mass is 9.77. The largest absolute Gasteiger partial charge is 0.496 e. The van der Waals surface area contributed by atoms with Crippen LogP contribution in [0.4, 0.5) is 5.69 Å². The van der Waals surface area contributed by atoms with E-state index in [0.29, 0.717) is 18.6 Å². The molecule has 7 nitrogen and oxygen atoms in total. The van der Waals surface area contributed by atoms with Gasteiger partial charge in [0.2, 0.25) is 0 Å². The number of anilines is 1. The smallest absolute Gasteiger partial charge is 0.451 e. The zero-order valence-corrected chi connectivity index (χ0v) is 15.5. The molecule has 0 amide bonds. The van der Waals surface area contributed by atoms with Gasteiger partial charge >= 0.3 is 13.1 Å². The minimum absolute atomic E-state index is 0.101. The Kier molecular flexibility index (Phi) is 7.31. The van der Waals surface area contributed by atoms with Crippen molar-refractivity contribution in [3.8, 4) is 5.75 Å². The van der Waals surface area contributed by atoms with Gasteiger partial charge in [0, 0.05) is 18.7 Å². The Hall–Kier alpha value is -1.77. The molecular weight excluding hydrogens is 335 g/mol. The minimum atomic E-state index is -1.37. The molecule has 1 saturated carbocycles. The molecule has 1 aliphatic carbocycles. The molecule has 2 rings (SSSR count). The van der Waals surface area contributed by atoms with E-state index in [9.17, 15) is 9.90 Å². The Morgan fingerprint density at radius 2 is 2.08 bits per heavy atom. The van der Waals surface area contributed by atoms with Crippen molar-refractivity contribution in [3.05, 3.63) is 23.8 Å². The van der Waals surface area contributed by atoms with Crippen LogP contribution in [-0.2, 0) is 11.2 Å². The van der Waals surface area contributed by atoms with Crippen LogP contribution in [-0.4, -0.2) is 48.6 Å². The number of carboxylic acids is 1. The Morgan fingerprint density at radius 3 is 2.69 bits per heavy atom. The molecule has 144 valence electrons. The fourth-order valence-corrected chi connectivity index (χ4v) is 3.80. The summed E-state index contributed by atoms with van der Waals surface area (Å²) in [6.45, 7) is 0. The fraction of sp³-hybridized carbons (Fsp3) is 0.611. The Morgan fingerprint density at radius 1 is 1.38 bits per heavy atom. The van der Waals surface area contributed by atoms with Crippen LogP contribution in [0.15, 0.2) is 18.2 Å². The summed E-state index contributed by atoms with van der Waals surface area (Å²) in [5.41, 5.74) is 8.16. The molecule has 0 radical (unpaired) electrons. The van der Waals surface area contributed by atoms with E-state index >= 15 is 0 Å². The molecule has 5 N–H and O–H groups in total. The Balaban J connectivity index is 2.20. The second-order valence-corrected chi connectivity index (χ2v) is 7.01. The second-order valence-electron chi connectivity index (χ2n) is 7.01. The quantitative estimate of drug-likeness (QED) is 0.406. The molecule has 0 heterocycles. The molecule has 1 aromatic rings. The van der Waals surface area contributed by atoms with E-state index in [1.807, 2.05) is 30.1 Å². The van der Waals surface area contributed by atoms with Gasteiger partial charge in [0.15, 0.2) is 0 Å². The molecule has 1 fully saturated rings. The van der Waals surface area contributed by atoms with Gasteiger partial charge in [-0.2, -0.15) is 0 Å². The topological polar surface area (TPSA) is 116 Å². The standard InChI is InChI=1S/C18H29BN2O5/c1-21(17(20)14-5-3-4-6-15(14)18(22)23)13-7-8-16(26-2)12(11-13)9-10-19(24)25/h7-8,11,14-15,17,24-25H,3-6,9-10,20H2,1-2H3,(H,22,23)/t14-,15+,17?/m0/s1. The van der Waals surface area contributed by atoms with Gasteiger partial charge in [0.1, 0.15) is 5.75 Å². The van der Waals surface area contributed by atoms with Gasteiger partial charge in [-0.3, -0.25) is 4.79 Å². The lowest BCUT2D eigenvalue weighted by molar-refractivity contribution is -0.145. The Bertz CT molecular complexity index is 613. The zero-order chi connectivity index (χ0) is 19.3. The van der Waals surface area contributed by atoms with E-state index < -0.39 is 25.2 Å². The van der Waals surface area contributed by atoms with Crippen LogP contribution in [0.2, 0.25) is 6.32 Å². The SMILES string of the molecule is COc1ccc(N(C)C(N)[C@H]2CCCC[C@H]2C(=O)O)cc1CCB(O)O. The number of nitrogens with two attached hydrogens (primary N) is 1. The summed E-state index contributed by atoms with van der Waals surface area (Å²) >= 11 is 0. The van der Waals surface area contributed by atoms with Crippen LogP contribution in [0.25, 0.3) is 0 Å². The number of benzene rings is 1. The van der Waals surface area contributed by atoms with Crippen LogP contribution < -0.4 is 15.4 Å². The summed E-state index contributed by atoms with van der Waals surface area (Å²) in [4.78, 5) is 13.5. The summed E-state index contributed by atoms with van der Waals surface area (Å²) in [5, 5.41) is 27.8. The minimum Gasteiger partial charge on any atom is -0.496 e. The van der Waals surface area contributed by atoms with Gasteiger partial charge in [-0.05, 0) is 49.3 Å². The van der Waals surface area contributed by atoms with Crippen molar-refractivity contribution in [2.75, 3.05) is 19.1 Å². The molecule has 1 unspecified atom stereocenters. The average molecular weight is 364 g/mol. The third kappa shape index (κ3) is 4.90. The van der Waals surface area contributed by atoms with Crippen molar-refractivity contribution in [2.45, 2.75) is 44.6 Å². The van der Waals surface area contributed by atoms with Crippen molar-refractivity contribution in [1.82, 2.24) is 0 Å². The van der Waals surface area contributed by atoms with Gasteiger partial charge in [-0.1, -0.05) is 12.8 Å². The molecule has 0 bridgehead atoms. The number of carbonyl (C=O) groups is 1. The lowest BCUT2D eigenvalue weighted by Gasteiger charge is -2.38. The molecule has 0 spiro atoms. The van der Waals surface area contributed by atoms with Gasteiger partial charge in [-0.15, -0.1) is 0 Å². The van der Waals surface area contributed by atoms with Crippen molar-refractivity contribution in [2.24, 2.45) is 17.6 Å². The van der Waals surface area contributed by atoms with E-state index in [0.717, 1.165) is 30.5 Å². The third-order valence-electron chi connectivity index (χ3n) is 5.37. The van der Waals surface area contributed by atoms with E-state index in [-0.39, 0.29) is 12.2 Å². The highest BCUT2D eigenvalue weighted by molar-refractivity contribution is 6.41. The number of aliphatic carboxylic acids is 1. The van der Waals surface area contributed by atoms with Crippen molar-refractivity contribution < 1.29 is 24.7 Å². The molecule has 3 atom stereocenters. The number of rotatable bonds is 8. The second kappa shape index (κ2) is 9.25. The molecule has 8 heteroatoms. The van der Waals surface area contributed by atoms with Crippen LogP contribution >= 0.6 is 0 Å². The lowest BCUT2D eigenvalue weighted by Crippen LogP contribution is -2.50. The first-order valence-electron chi connectivity index (χ1n) is 9.09. The molecule has 0 aromatic heterocycles. The maximum Gasteiger partial charge on any atom is 0.451 e. The van der Waals surface area contributed by atoms with E-state index in [4.69, 9.17) is 20.5 Å². The van der Waals surface area contributed by atoms with E-state index in [1.165, 1.54) is 0 Å². The van der Waals surface area contributed by atoms with E-state index in [1.54, 1.807) is 7.11 Å². The number of aryl methyl sites for hydroxylation is 1. The first-order valence-corrected chi connectivity index (χ1v) is 9.09. The summed E-state index contributed by atoms with van der Waals surface area (Å²) in [6.07, 6.45) is 3.67. The highest BCUT2D eigenvalue weighted by atomic mass is 16.5. The highest BCUT2D eigenvalue weighted by Crippen LogP contribution is 2.35. The predicted octanol–water partition coefficient (Wildman–Crippen LogP) is 1.32. The molecule has 0 saturated heterocycles. The molecule has 1 aliphatic rings. The number of hydrogen-bond acceptors (Lipinski definition) is 6.